The average Bonchev–Trinajstić information content (AvgIpc) is 1.61. The molecule has 137 heavy (non-hydrogen) atoms. The molecule has 13 nitrogen and oxygen atoms in total. The van der Waals surface area contributed by atoms with Crippen LogP contribution in [0.15, 0.2) is 487 Å². The van der Waals surface area contributed by atoms with Crippen LogP contribution < -0.4 is 0 Å². The molecule has 7 aromatic heterocycles. The molecule has 19 aromatic carbocycles. The molecule has 0 amide bonds. The Morgan fingerprint density at radius 3 is 0.781 bits per heavy atom. The Morgan fingerprint density at radius 2 is 0.380 bits per heavy atom. The van der Waals surface area contributed by atoms with Gasteiger partial charge in [0.25, 0.3) is 0 Å². The van der Waals surface area contributed by atoms with Gasteiger partial charge in [0.2, 0.25) is 0 Å². The minimum absolute atomic E-state index is 0.559. The number of para-hydroxylation sites is 6. The number of aromatic nitrogens is 10. The highest BCUT2D eigenvalue weighted by molar-refractivity contribution is 6.12. The third-order valence-corrected chi connectivity index (χ3v) is 25.2. The molecule has 0 saturated carbocycles. The van der Waals surface area contributed by atoms with E-state index in [0.29, 0.717) is 52.4 Å². The zero-order valence-corrected chi connectivity index (χ0v) is 73.7. The molecule has 0 aliphatic heterocycles. The van der Waals surface area contributed by atoms with Crippen molar-refractivity contribution in [2.45, 2.75) is 0 Å². The quantitative estimate of drug-likeness (QED) is 0.0951. The highest BCUT2D eigenvalue weighted by atomic mass is 16.3. The molecule has 642 valence electrons. The van der Waals surface area contributed by atoms with E-state index in [4.69, 9.17) is 58.1 Å². The number of rotatable bonds is 15. The summed E-state index contributed by atoms with van der Waals surface area (Å²) in [6, 6.07) is 158. The van der Waals surface area contributed by atoms with Crippen LogP contribution in [0.25, 0.3) is 257 Å². The Morgan fingerprint density at radius 1 is 0.139 bits per heavy atom. The van der Waals surface area contributed by atoms with Gasteiger partial charge in [0.05, 0.1) is 5.56 Å². The van der Waals surface area contributed by atoms with Crippen molar-refractivity contribution < 1.29 is 13.3 Å². The van der Waals surface area contributed by atoms with Crippen molar-refractivity contribution >= 4 is 87.4 Å². The summed E-state index contributed by atoms with van der Waals surface area (Å²) in [6.07, 6.45) is 3.65. The molecule has 0 spiro atoms. The van der Waals surface area contributed by atoms with Crippen LogP contribution >= 0.6 is 0 Å². The molecule has 0 aliphatic rings. The molecule has 0 saturated heterocycles. The van der Waals surface area contributed by atoms with E-state index in [9.17, 15) is 0 Å². The smallest absolute Gasteiger partial charge is 0.167 e. The van der Waals surface area contributed by atoms with Crippen molar-refractivity contribution in [2.75, 3.05) is 0 Å². The van der Waals surface area contributed by atoms with Gasteiger partial charge in [-0.15, -0.1) is 0 Å². The van der Waals surface area contributed by atoms with Crippen molar-refractivity contribution in [1.82, 2.24) is 49.8 Å². The van der Waals surface area contributed by atoms with Crippen LogP contribution in [0.1, 0.15) is 0 Å². The van der Waals surface area contributed by atoms with Gasteiger partial charge in [-0.1, -0.05) is 425 Å². The first kappa shape index (κ1) is 81.5. The summed E-state index contributed by atoms with van der Waals surface area (Å²) in [5.74, 6) is 5.53. The van der Waals surface area contributed by atoms with Gasteiger partial charge in [0.15, 0.2) is 52.4 Å². The molecule has 26 aromatic rings. The zero-order valence-electron chi connectivity index (χ0n) is 73.7. The number of benzene rings is 19. The van der Waals surface area contributed by atoms with Crippen LogP contribution in [0.3, 0.4) is 0 Å². The maximum atomic E-state index is 6.39. The highest BCUT2D eigenvalue weighted by Crippen LogP contribution is 2.43. The van der Waals surface area contributed by atoms with Crippen LogP contribution in [-0.4, -0.2) is 49.8 Å². The first-order chi connectivity index (χ1) is 67.9. The van der Waals surface area contributed by atoms with Gasteiger partial charge in [0, 0.05) is 100 Å². The van der Waals surface area contributed by atoms with E-state index >= 15 is 0 Å². The highest BCUT2D eigenvalue weighted by Gasteiger charge is 2.23. The largest absolute Gasteiger partial charge is 0.455 e. The van der Waals surface area contributed by atoms with E-state index < -0.39 is 0 Å². The van der Waals surface area contributed by atoms with E-state index in [1.165, 1.54) is 38.2 Å². The van der Waals surface area contributed by atoms with Gasteiger partial charge in [-0.05, 0) is 114 Å². The molecular formula is C124H78N10O3. The number of hydrogen-bond acceptors (Lipinski definition) is 13. The van der Waals surface area contributed by atoms with Crippen molar-refractivity contribution in [3.8, 4) is 169 Å². The van der Waals surface area contributed by atoms with Crippen LogP contribution in [0.4, 0.5) is 0 Å². The number of pyridine rings is 1. The van der Waals surface area contributed by atoms with E-state index in [1.54, 1.807) is 6.20 Å². The van der Waals surface area contributed by atoms with Gasteiger partial charge in [0.1, 0.15) is 33.5 Å². The van der Waals surface area contributed by atoms with E-state index in [0.717, 1.165) is 166 Å². The lowest BCUT2D eigenvalue weighted by Gasteiger charge is -2.11. The van der Waals surface area contributed by atoms with Crippen molar-refractivity contribution in [2.24, 2.45) is 0 Å². The summed E-state index contributed by atoms with van der Waals surface area (Å²) >= 11 is 0. The van der Waals surface area contributed by atoms with Crippen LogP contribution in [0.2, 0.25) is 0 Å². The fourth-order valence-electron chi connectivity index (χ4n) is 18.3. The molecule has 0 fully saturated rings. The SMILES string of the molecule is c1ccc(-c2ccc(-c3nc(-c4ccc(-c5cccc6ccccc56)cc4)nc(-c4ccc(-c5cccc6c5oc5ccccc56)cc4)n3)cc2)cc1.c1ccc(-c2nc(-c3ccccc3)nc(-c3cccc(-c4cccc5c4oc4ccccc45)c3)n2)cc1.c1cncc(-c2ccc(-c3nc(-c4ccc(-c5cccc6ccccc56)cc4)nc(-c4cccc5c4oc4ccccc45)n3)cc2)c1. The molecule has 0 bridgehead atoms. The molecule has 0 N–H and O–H groups in total. The van der Waals surface area contributed by atoms with E-state index in [2.05, 4.69) is 314 Å². The second-order valence-corrected chi connectivity index (χ2v) is 33.6. The van der Waals surface area contributed by atoms with Crippen LogP contribution in [0, 0.1) is 0 Å². The normalized spacial score (nSPS) is 11.4. The average molecular weight is 1760 g/mol. The second kappa shape index (κ2) is 35.9. The summed E-state index contributed by atoms with van der Waals surface area (Å²) in [4.78, 5) is 49.1. The monoisotopic (exact) mass is 1750 g/mol. The van der Waals surface area contributed by atoms with Crippen molar-refractivity contribution in [3.63, 3.8) is 0 Å². The zero-order chi connectivity index (χ0) is 90.9. The lowest BCUT2D eigenvalue weighted by atomic mass is 9.97. The molecule has 7 heterocycles. The molecule has 26 rings (SSSR count). The summed E-state index contributed by atoms with van der Waals surface area (Å²) in [7, 11) is 0. The summed E-state index contributed by atoms with van der Waals surface area (Å²) in [5.41, 5.74) is 26.6. The van der Waals surface area contributed by atoms with Crippen molar-refractivity contribution in [3.05, 3.63) is 473 Å². The predicted molar refractivity (Wildman–Crippen MR) is 556 cm³/mol. The summed E-state index contributed by atoms with van der Waals surface area (Å²) in [5, 5.41) is 11.4. The van der Waals surface area contributed by atoms with E-state index in [1.807, 2.05) is 158 Å². The van der Waals surface area contributed by atoms with Gasteiger partial charge in [-0.25, -0.2) is 44.9 Å². The first-order valence-corrected chi connectivity index (χ1v) is 45.5. The maximum absolute atomic E-state index is 6.39. The number of nitrogens with zero attached hydrogens (tertiary/aromatic N) is 10. The number of hydrogen-bond donors (Lipinski definition) is 0. The minimum Gasteiger partial charge on any atom is -0.455 e. The summed E-state index contributed by atoms with van der Waals surface area (Å²) in [6.45, 7) is 0. The third-order valence-electron chi connectivity index (χ3n) is 25.2. The molecule has 0 atom stereocenters. The molecule has 0 radical (unpaired) electrons. The lowest BCUT2D eigenvalue weighted by molar-refractivity contribution is 0.669. The van der Waals surface area contributed by atoms with Gasteiger partial charge < -0.3 is 13.3 Å². The fraction of sp³-hybridized carbons (Fsp3) is 0. The van der Waals surface area contributed by atoms with Gasteiger partial charge in [-0.2, -0.15) is 0 Å². The van der Waals surface area contributed by atoms with Gasteiger partial charge in [-0.3, -0.25) is 4.98 Å². The molecule has 0 aliphatic carbocycles. The first-order valence-electron chi connectivity index (χ1n) is 45.5. The summed E-state index contributed by atoms with van der Waals surface area (Å²) < 4.78 is 19.0. The maximum Gasteiger partial charge on any atom is 0.167 e. The lowest BCUT2D eigenvalue weighted by Crippen LogP contribution is -2.00. The molecule has 0 unspecified atom stereocenters. The second-order valence-electron chi connectivity index (χ2n) is 33.6. The fourth-order valence-corrected chi connectivity index (χ4v) is 18.3. The van der Waals surface area contributed by atoms with Crippen LogP contribution in [-0.2, 0) is 0 Å². The molecule has 13 heteroatoms. The minimum atomic E-state index is 0.559. The number of furan rings is 3. The standard InChI is InChI=1S/C49H31N3O.C42H26N4O.C33H21N3O/c1-2-10-32(11-3-1)33-20-26-37(27-21-33)47-50-48(38-28-22-35(23-29-38)41-16-8-13-34-12-4-5-14-40(34)41)52-49(51-47)39-30-24-36(25-31-39)42-17-9-18-44-43-15-6-7-19-45(43)53-46(42)44;1-2-11-33-28(8-1)9-5-13-34(33)29-19-23-31(24-20-29)41-44-40(30-21-17-27(18-22-30)32-10-7-25-43-26-32)45-42(46-41)37-15-6-14-36-35-12-3-4-16-38(35)47-39(36)37;1-3-11-22(12-4-1)31-34-32(23-13-5-2-6-14-23)36-33(35-31)25-16-9-15-24(21-25)26-18-10-19-28-27-17-7-8-20-29(27)37-30(26)28/h1-31H;1-26H;1-21H. The Balaban J connectivity index is 0.000000114. The molecular weight excluding hydrogens is 1680 g/mol. The van der Waals surface area contributed by atoms with Gasteiger partial charge >= 0.3 is 0 Å². The Labute approximate surface area is 787 Å². The Bertz CT molecular complexity index is 8920. The predicted octanol–water partition coefficient (Wildman–Crippen LogP) is 32.0. The topological polar surface area (TPSA) is 168 Å². The van der Waals surface area contributed by atoms with Crippen molar-refractivity contribution in [1.29, 1.82) is 0 Å². The number of fused-ring (bicyclic) bond motifs is 11. The Hall–Kier alpha value is -18.7. The Kier molecular flexibility index (Phi) is 21.3. The van der Waals surface area contributed by atoms with Crippen LogP contribution in [0.5, 0.6) is 0 Å². The van der Waals surface area contributed by atoms with E-state index in [-0.39, 0.29) is 0 Å². The third kappa shape index (κ3) is 16.2.